The van der Waals surface area contributed by atoms with Gasteiger partial charge in [0.1, 0.15) is 10.5 Å². The SMILES string of the molecule is CCOC(=O)c1sc(N(CCCOC)C(=O)OC(C)(C)C)nc1CCl. The van der Waals surface area contributed by atoms with E-state index in [9.17, 15) is 9.59 Å². The topological polar surface area (TPSA) is 78.0 Å². The highest BCUT2D eigenvalue weighted by atomic mass is 35.5. The molecule has 142 valence electrons. The highest BCUT2D eigenvalue weighted by Crippen LogP contribution is 2.29. The van der Waals surface area contributed by atoms with Crippen molar-refractivity contribution in [1.82, 2.24) is 4.98 Å². The van der Waals surface area contributed by atoms with Crippen molar-refractivity contribution in [2.45, 2.75) is 45.6 Å². The number of alkyl halides is 1. The number of esters is 1. The van der Waals surface area contributed by atoms with Crippen molar-refractivity contribution >= 4 is 40.1 Å². The number of aromatic nitrogens is 1. The molecule has 0 fully saturated rings. The number of halogens is 1. The molecular formula is C16H25ClN2O5S. The predicted molar refractivity (Wildman–Crippen MR) is 97.7 cm³/mol. The Hall–Kier alpha value is -1.38. The quantitative estimate of drug-likeness (QED) is 0.380. The van der Waals surface area contributed by atoms with E-state index < -0.39 is 17.7 Å². The van der Waals surface area contributed by atoms with E-state index in [-0.39, 0.29) is 12.5 Å². The van der Waals surface area contributed by atoms with Gasteiger partial charge in [0.05, 0.1) is 18.2 Å². The number of hydrogen-bond donors (Lipinski definition) is 0. The monoisotopic (exact) mass is 392 g/mol. The summed E-state index contributed by atoms with van der Waals surface area (Å²) in [4.78, 5) is 30.6. The maximum Gasteiger partial charge on any atom is 0.416 e. The second-order valence-corrected chi connectivity index (χ2v) is 7.35. The Morgan fingerprint density at radius 2 is 2.00 bits per heavy atom. The predicted octanol–water partition coefficient (Wildman–Crippen LogP) is 3.84. The summed E-state index contributed by atoms with van der Waals surface area (Å²) in [7, 11) is 1.59. The summed E-state index contributed by atoms with van der Waals surface area (Å²) in [5, 5.41) is 0.351. The third-order valence-electron chi connectivity index (χ3n) is 2.85. The number of amides is 1. The van der Waals surface area contributed by atoms with Gasteiger partial charge >= 0.3 is 12.1 Å². The van der Waals surface area contributed by atoms with Gasteiger partial charge in [0.15, 0.2) is 5.13 Å². The average molecular weight is 393 g/mol. The van der Waals surface area contributed by atoms with Gasteiger partial charge in [-0.3, -0.25) is 4.90 Å². The van der Waals surface area contributed by atoms with E-state index in [2.05, 4.69) is 4.98 Å². The van der Waals surface area contributed by atoms with Crippen LogP contribution in [0.3, 0.4) is 0 Å². The van der Waals surface area contributed by atoms with Crippen molar-refractivity contribution in [2.75, 3.05) is 31.8 Å². The van der Waals surface area contributed by atoms with Crippen LogP contribution >= 0.6 is 22.9 Å². The van der Waals surface area contributed by atoms with E-state index in [1.165, 1.54) is 4.90 Å². The van der Waals surface area contributed by atoms with Crippen molar-refractivity contribution in [2.24, 2.45) is 0 Å². The molecule has 0 saturated carbocycles. The summed E-state index contributed by atoms with van der Waals surface area (Å²) in [6.07, 6.45) is 0.0641. The van der Waals surface area contributed by atoms with Crippen LogP contribution in [0.25, 0.3) is 0 Å². The van der Waals surface area contributed by atoms with Crippen LogP contribution in [0.2, 0.25) is 0 Å². The van der Waals surface area contributed by atoms with E-state index in [0.717, 1.165) is 11.3 Å². The molecule has 0 aliphatic rings. The highest BCUT2D eigenvalue weighted by molar-refractivity contribution is 7.17. The molecule has 0 bridgehead atoms. The maximum absolute atomic E-state index is 12.5. The van der Waals surface area contributed by atoms with Crippen LogP contribution in [0.5, 0.6) is 0 Å². The number of thiazole rings is 1. The zero-order chi connectivity index (χ0) is 19.0. The van der Waals surface area contributed by atoms with E-state index in [4.69, 9.17) is 25.8 Å². The third kappa shape index (κ3) is 6.80. The number of carbonyl (C=O) groups excluding carboxylic acids is 2. The maximum atomic E-state index is 12.5. The number of methoxy groups -OCH3 is 1. The van der Waals surface area contributed by atoms with Crippen LogP contribution in [-0.4, -0.2) is 49.5 Å². The molecule has 0 spiro atoms. The molecule has 0 atom stereocenters. The molecule has 7 nitrogen and oxygen atoms in total. The van der Waals surface area contributed by atoms with Crippen molar-refractivity contribution < 1.29 is 23.8 Å². The van der Waals surface area contributed by atoms with Crippen molar-refractivity contribution in [3.8, 4) is 0 Å². The van der Waals surface area contributed by atoms with Crippen LogP contribution in [0.1, 0.15) is 49.5 Å². The Morgan fingerprint density at radius 1 is 1.32 bits per heavy atom. The van der Waals surface area contributed by atoms with E-state index in [1.54, 1.807) is 34.8 Å². The lowest BCUT2D eigenvalue weighted by Crippen LogP contribution is -2.37. The first-order valence-electron chi connectivity index (χ1n) is 7.95. The first-order valence-corrected chi connectivity index (χ1v) is 9.30. The molecule has 1 heterocycles. The summed E-state index contributed by atoms with van der Waals surface area (Å²) in [6.45, 7) is 8.16. The molecule has 0 aromatic carbocycles. The highest BCUT2D eigenvalue weighted by Gasteiger charge is 2.28. The molecule has 0 aliphatic heterocycles. The molecule has 1 amide bonds. The van der Waals surface area contributed by atoms with Gasteiger partial charge in [-0.15, -0.1) is 11.6 Å². The fourth-order valence-electron chi connectivity index (χ4n) is 1.85. The molecule has 0 unspecified atom stereocenters. The van der Waals surface area contributed by atoms with E-state index in [0.29, 0.717) is 35.3 Å². The second-order valence-electron chi connectivity index (χ2n) is 6.10. The van der Waals surface area contributed by atoms with Gasteiger partial charge in [-0.05, 0) is 34.1 Å². The Bertz CT molecular complexity index is 586. The average Bonchev–Trinajstić information content (AvgIpc) is 2.94. The van der Waals surface area contributed by atoms with Crippen molar-refractivity contribution in [3.05, 3.63) is 10.6 Å². The van der Waals surface area contributed by atoms with Gasteiger partial charge in [0.2, 0.25) is 0 Å². The third-order valence-corrected chi connectivity index (χ3v) is 4.20. The minimum Gasteiger partial charge on any atom is -0.462 e. The summed E-state index contributed by atoms with van der Waals surface area (Å²) in [5.41, 5.74) is -0.256. The van der Waals surface area contributed by atoms with Crippen LogP contribution in [0.4, 0.5) is 9.93 Å². The molecule has 25 heavy (non-hydrogen) atoms. The number of anilines is 1. The molecular weight excluding hydrogens is 368 g/mol. The largest absolute Gasteiger partial charge is 0.462 e. The number of rotatable bonds is 8. The Morgan fingerprint density at radius 3 is 2.52 bits per heavy atom. The molecule has 9 heteroatoms. The molecule has 0 saturated heterocycles. The minimum atomic E-state index is -0.646. The summed E-state index contributed by atoms with van der Waals surface area (Å²) in [5.74, 6) is -0.451. The van der Waals surface area contributed by atoms with Gasteiger partial charge in [-0.2, -0.15) is 0 Å². The lowest BCUT2D eigenvalue weighted by atomic mass is 10.2. The first kappa shape index (κ1) is 21.7. The first-order chi connectivity index (χ1) is 11.7. The lowest BCUT2D eigenvalue weighted by molar-refractivity contribution is 0.0528. The Kier molecular flexibility index (Phi) is 8.61. The standard InChI is InChI=1S/C16H25ClN2O5S/c1-6-23-13(20)12-11(10-17)18-14(25-12)19(8-7-9-22-5)15(21)24-16(2,3)4/h6-10H2,1-5H3. The zero-order valence-corrected chi connectivity index (χ0v) is 16.8. The van der Waals surface area contributed by atoms with Crippen LogP contribution < -0.4 is 4.90 Å². The fraction of sp³-hybridized carbons (Fsp3) is 0.688. The van der Waals surface area contributed by atoms with Gasteiger partial charge in [0, 0.05) is 20.3 Å². The molecule has 1 aromatic heterocycles. The number of ether oxygens (including phenoxy) is 3. The van der Waals surface area contributed by atoms with Crippen LogP contribution in [0.15, 0.2) is 0 Å². The van der Waals surface area contributed by atoms with Gasteiger partial charge in [-0.1, -0.05) is 11.3 Å². The second kappa shape index (κ2) is 9.94. The van der Waals surface area contributed by atoms with E-state index >= 15 is 0 Å². The number of carbonyl (C=O) groups is 2. The van der Waals surface area contributed by atoms with Gasteiger partial charge in [0.25, 0.3) is 0 Å². The number of nitrogens with zero attached hydrogens (tertiary/aromatic N) is 2. The molecule has 1 aromatic rings. The minimum absolute atomic E-state index is 0.0465. The zero-order valence-electron chi connectivity index (χ0n) is 15.3. The summed E-state index contributed by atoms with van der Waals surface area (Å²) >= 11 is 6.96. The smallest absolute Gasteiger partial charge is 0.416 e. The van der Waals surface area contributed by atoms with Gasteiger partial charge < -0.3 is 14.2 Å². The number of hydrogen-bond acceptors (Lipinski definition) is 7. The molecule has 1 rings (SSSR count). The normalized spacial score (nSPS) is 11.3. The van der Waals surface area contributed by atoms with Crippen LogP contribution in [-0.2, 0) is 20.1 Å². The van der Waals surface area contributed by atoms with E-state index in [1.807, 2.05) is 0 Å². The fourth-order valence-corrected chi connectivity index (χ4v) is 3.12. The lowest BCUT2D eigenvalue weighted by Gasteiger charge is -2.25. The van der Waals surface area contributed by atoms with Crippen LogP contribution in [0, 0.1) is 0 Å². The molecule has 0 N–H and O–H groups in total. The Balaban J connectivity index is 3.11. The molecule has 0 aliphatic carbocycles. The summed E-state index contributed by atoms with van der Waals surface area (Å²) < 4.78 is 15.5. The van der Waals surface area contributed by atoms with Crippen molar-refractivity contribution in [3.63, 3.8) is 0 Å². The molecule has 0 radical (unpaired) electrons. The summed E-state index contributed by atoms with van der Waals surface area (Å²) in [6, 6.07) is 0. The Labute approximate surface area is 157 Å². The van der Waals surface area contributed by atoms with Crippen molar-refractivity contribution in [1.29, 1.82) is 0 Å². The van der Waals surface area contributed by atoms with Gasteiger partial charge in [-0.25, -0.2) is 14.6 Å².